The average Bonchev–Trinajstić information content (AvgIpc) is 3.00. The predicted molar refractivity (Wildman–Crippen MR) is 75.1 cm³/mol. The number of hydrogen-bond acceptors (Lipinski definition) is 6. The first-order chi connectivity index (χ1) is 10.3. The maximum absolute atomic E-state index is 11.2. The standard InChI is InChI=1S/C13H18N6O2/c14-16-13(20)12-10-19(18-17-12)7-9-21-8-1-2-11-3-5-15-6-4-11/h3-6,10H,1-2,7-9,14H2,(H,16,20). The molecule has 0 aliphatic carbocycles. The van der Waals surface area contributed by atoms with E-state index in [9.17, 15) is 4.79 Å². The number of carbonyl (C=O) groups excluding carboxylic acids is 1. The van der Waals surface area contributed by atoms with Gasteiger partial charge in [-0.3, -0.25) is 15.2 Å². The molecule has 8 heteroatoms. The molecule has 2 heterocycles. The summed E-state index contributed by atoms with van der Waals surface area (Å²) in [6, 6.07) is 4.00. The van der Waals surface area contributed by atoms with Gasteiger partial charge in [-0.25, -0.2) is 10.5 Å². The van der Waals surface area contributed by atoms with Crippen LogP contribution in [-0.4, -0.2) is 39.1 Å². The van der Waals surface area contributed by atoms with Gasteiger partial charge < -0.3 is 4.74 Å². The molecule has 112 valence electrons. The molecule has 0 saturated heterocycles. The van der Waals surface area contributed by atoms with Gasteiger partial charge in [-0.15, -0.1) is 5.10 Å². The molecule has 3 N–H and O–H groups in total. The fourth-order valence-corrected chi connectivity index (χ4v) is 1.77. The Labute approximate surface area is 122 Å². The lowest BCUT2D eigenvalue weighted by molar-refractivity contribution is 0.0948. The fourth-order valence-electron chi connectivity index (χ4n) is 1.77. The van der Waals surface area contributed by atoms with Crippen molar-refractivity contribution in [1.82, 2.24) is 25.4 Å². The Hall–Kier alpha value is -2.32. The molecule has 0 bridgehead atoms. The van der Waals surface area contributed by atoms with E-state index >= 15 is 0 Å². The number of aromatic nitrogens is 4. The number of nitrogens with one attached hydrogen (secondary N) is 1. The van der Waals surface area contributed by atoms with Crippen molar-refractivity contribution in [3.63, 3.8) is 0 Å². The van der Waals surface area contributed by atoms with Gasteiger partial charge >= 0.3 is 0 Å². The summed E-state index contributed by atoms with van der Waals surface area (Å²) < 4.78 is 7.07. The number of hydrazine groups is 1. The molecule has 0 aliphatic rings. The van der Waals surface area contributed by atoms with E-state index in [1.165, 1.54) is 11.8 Å². The highest BCUT2D eigenvalue weighted by Crippen LogP contribution is 2.01. The molecule has 0 saturated carbocycles. The highest BCUT2D eigenvalue weighted by molar-refractivity contribution is 5.91. The summed E-state index contributed by atoms with van der Waals surface area (Å²) in [7, 11) is 0. The molecule has 0 fully saturated rings. The van der Waals surface area contributed by atoms with Gasteiger partial charge in [0.2, 0.25) is 0 Å². The molecule has 2 aromatic heterocycles. The second kappa shape index (κ2) is 8.08. The van der Waals surface area contributed by atoms with Crippen LogP contribution in [0, 0.1) is 0 Å². The van der Waals surface area contributed by atoms with Crippen molar-refractivity contribution < 1.29 is 9.53 Å². The van der Waals surface area contributed by atoms with E-state index in [0.29, 0.717) is 19.8 Å². The fraction of sp³-hybridized carbons (Fsp3) is 0.385. The van der Waals surface area contributed by atoms with Crippen LogP contribution in [0.4, 0.5) is 0 Å². The number of rotatable bonds is 8. The minimum Gasteiger partial charge on any atom is -0.380 e. The van der Waals surface area contributed by atoms with Crippen LogP contribution in [0.25, 0.3) is 0 Å². The van der Waals surface area contributed by atoms with E-state index in [4.69, 9.17) is 10.6 Å². The maximum atomic E-state index is 11.2. The first-order valence-electron chi connectivity index (χ1n) is 6.67. The summed E-state index contributed by atoms with van der Waals surface area (Å²) >= 11 is 0. The first-order valence-corrected chi connectivity index (χ1v) is 6.67. The Morgan fingerprint density at radius 1 is 1.33 bits per heavy atom. The minimum atomic E-state index is -0.459. The third kappa shape index (κ3) is 4.93. The molecule has 0 radical (unpaired) electrons. The van der Waals surface area contributed by atoms with Gasteiger partial charge in [-0.05, 0) is 30.5 Å². The van der Waals surface area contributed by atoms with Gasteiger partial charge in [0.15, 0.2) is 5.69 Å². The van der Waals surface area contributed by atoms with Crippen molar-refractivity contribution in [2.24, 2.45) is 5.84 Å². The van der Waals surface area contributed by atoms with Crippen molar-refractivity contribution in [2.75, 3.05) is 13.2 Å². The van der Waals surface area contributed by atoms with Crippen LogP contribution in [0.15, 0.2) is 30.7 Å². The van der Waals surface area contributed by atoms with Crippen LogP contribution in [-0.2, 0) is 17.7 Å². The van der Waals surface area contributed by atoms with Crippen molar-refractivity contribution in [2.45, 2.75) is 19.4 Å². The zero-order valence-corrected chi connectivity index (χ0v) is 11.6. The second-order valence-electron chi connectivity index (χ2n) is 4.41. The zero-order valence-electron chi connectivity index (χ0n) is 11.6. The quantitative estimate of drug-likeness (QED) is 0.305. The molecule has 0 aromatic carbocycles. The van der Waals surface area contributed by atoms with Gasteiger partial charge in [0.05, 0.1) is 19.3 Å². The highest BCUT2D eigenvalue weighted by Gasteiger charge is 2.08. The van der Waals surface area contributed by atoms with E-state index in [0.717, 1.165) is 12.8 Å². The molecule has 0 unspecified atom stereocenters. The second-order valence-corrected chi connectivity index (χ2v) is 4.41. The zero-order chi connectivity index (χ0) is 14.9. The maximum Gasteiger partial charge on any atom is 0.287 e. The molecule has 0 spiro atoms. The summed E-state index contributed by atoms with van der Waals surface area (Å²) in [6.07, 6.45) is 7.02. The molecule has 8 nitrogen and oxygen atoms in total. The summed E-state index contributed by atoms with van der Waals surface area (Å²) in [5, 5.41) is 7.52. The van der Waals surface area contributed by atoms with Crippen molar-refractivity contribution in [3.8, 4) is 0 Å². The monoisotopic (exact) mass is 290 g/mol. The number of pyridine rings is 1. The smallest absolute Gasteiger partial charge is 0.287 e. The number of amides is 1. The molecule has 21 heavy (non-hydrogen) atoms. The van der Waals surface area contributed by atoms with Gasteiger partial charge in [0.25, 0.3) is 5.91 Å². The van der Waals surface area contributed by atoms with Crippen LogP contribution in [0.3, 0.4) is 0 Å². The van der Waals surface area contributed by atoms with Crippen molar-refractivity contribution in [3.05, 3.63) is 42.0 Å². The summed E-state index contributed by atoms with van der Waals surface area (Å²) in [5.41, 5.74) is 3.45. The van der Waals surface area contributed by atoms with Gasteiger partial charge in [-0.1, -0.05) is 5.21 Å². The molecule has 0 atom stereocenters. The van der Waals surface area contributed by atoms with E-state index < -0.39 is 5.91 Å². The van der Waals surface area contributed by atoms with Crippen LogP contribution >= 0.6 is 0 Å². The lowest BCUT2D eigenvalue weighted by atomic mass is 10.1. The predicted octanol–water partition coefficient (Wildman–Crippen LogP) is -0.0740. The third-order valence-electron chi connectivity index (χ3n) is 2.87. The van der Waals surface area contributed by atoms with Crippen molar-refractivity contribution >= 4 is 5.91 Å². The Bertz CT molecular complexity index is 557. The van der Waals surface area contributed by atoms with Gasteiger partial charge in [0, 0.05) is 19.0 Å². The Morgan fingerprint density at radius 3 is 2.90 bits per heavy atom. The van der Waals surface area contributed by atoms with E-state index in [2.05, 4.69) is 15.3 Å². The Kier molecular flexibility index (Phi) is 5.80. The van der Waals surface area contributed by atoms with Crippen molar-refractivity contribution in [1.29, 1.82) is 0 Å². The molecule has 1 amide bonds. The lowest BCUT2D eigenvalue weighted by Gasteiger charge is -2.04. The molecular formula is C13H18N6O2. The van der Waals surface area contributed by atoms with E-state index in [1.54, 1.807) is 17.1 Å². The molecule has 2 rings (SSSR count). The number of aryl methyl sites for hydroxylation is 1. The van der Waals surface area contributed by atoms with Gasteiger partial charge in [-0.2, -0.15) is 0 Å². The van der Waals surface area contributed by atoms with E-state index in [1.807, 2.05) is 17.6 Å². The molecular weight excluding hydrogens is 272 g/mol. The number of nitrogens with zero attached hydrogens (tertiary/aromatic N) is 4. The number of nitrogen functional groups attached to an aromatic ring is 1. The summed E-state index contributed by atoms with van der Waals surface area (Å²) in [5.74, 6) is 4.55. The normalized spacial score (nSPS) is 10.5. The number of nitrogens with two attached hydrogens (primary N) is 1. The Balaban J connectivity index is 1.59. The van der Waals surface area contributed by atoms with Crippen LogP contribution in [0.5, 0.6) is 0 Å². The average molecular weight is 290 g/mol. The lowest BCUT2D eigenvalue weighted by Crippen LogP contribution is -2.30. The minimum absolute atomic E-state index is 0.190. The SMILES string of the molecule is NNC(=O)c1cn(CCOCCCc2ccncc2)nn1. The number of hydrogen-bond donors (Lipinski definition) is 2. The first kappa shape index (κ1) is 15.1. The summed E-state index contributed by atoms with van der Waals surface area (Å²) in [4.78, 5) is 15.2. The molecule has 0 aliphatic heterocycles. The van der Waals surface area contributed by atoms with Gasteiger partial charge in [0.1, 0.15) is 0 Å². The van der Waals surface area contributed by atoms with Crippen LogP contribution < -0.4 is 11.3 Å². The molecule has 2 aromatic rings. The largest absolute Gasteiger partial charge is 0.380 e. The third-order valence-corrected chi connectivity index (χ3v) is 2.87. The number of ether oxygens (including phenoxy) is 1. The van der Waals surface area contributed by atoms with Crippen LogP contribution in [0.1, 0.15) is 22.5 Å². The Morgan fingerprint density at radius 2 is 2.14 bits per heavy atom. The summed E-state index contributed by atoms with van der Waals surface area (Å²) in [6.45, 7) is 1.73. The highest BCUT2D eigenvalue weighted by atomic mass is 16.5. The number of carbonyl (C=O) groups is 1. The van der Waals surface area contributed by atoms with E-state index in [-0.39, 0.29) is 5.69 Å². The topological polar surface area (TPSA) is 108 Å². The van der Waals surface area contributed by atoms with Crippen LogP contribution in [0.2, 0.25) is 0 Å².